The number of hydrogen-bond acceptors (Lipinski definition) is 3. The molecule has 112 valence electrons. The van der Waals surface area contributed by atoms with E-state index in [1.807, 2.05) is 0 Å². The number of nitrogens with zero attached hydrogens (tertiary/aromatic N) is 1. The van der Waals surface area contributed by atoms with Crippen LogP contribution < -0.4 is 0 Å². The van der Waals surface area contributed by atoms with Crippen molar-refractivity contribution in [1.29, 1.82) is 0 Å². The van der Waals surface area contributed by atoms with Crippen LogP contribution in [0.4, 0.5) is 13.2 Å². The molecule has 0 N–H and O–H groups in total. The van der Waals surface area contributed by atoms with Gasteiger partial charge < -0.3 is 0 Å². The molecule has 0 spiro atoms. The molecule has 1 aliphatic rings. The second-order valence-corrected chi connectivity index (χ2v) is 5.66. The van der Waals surface area contributed by atoms with Crippen LogP contribution in [0.3, 0.4) is 0 Å². The molecule has 2 atom stereocenters. The molecule has 0 amide bonds. The van der Waals surface area contributed by atoms with Crippen molar-refractivity contribution in [3.05, 3.63) is 55.3 Å². The molecule has 1 aromatic rings. The fourth-order valence-corrected chi connectivity index (χ4v) is 3.02. The SMILES string of the molecule is O=CC1=C(Br)CC(c2cc(F)c(F)cc2F)C([N+](=O)[O-])C1. The number of nitro groups is 1. The van der Waals surface area contributed by atoms with Gasteiger partial charge in [-0.25, -0.2) is 13.2 Å². The topological polar surface area (TPSA) is 60.2 Å². The van der Waals surface area contributed by atoms with Crippen molar-refractivity contribution >= 4 is 22.2 Å². The third kappa shape index (κ3) is 2.99. The van der Waals surface area contributed by atoms with E-state index in [0.29, 0.717) is 22.9 Å². The molecule has 0 bridgehead atoms. The number of allylic oxidation sites excluding steroid dienone is 1. The molecule has 0 aliphatic heterocycles. The maximum absolute atomic E-state index is 13.8. The molecule has 4 nitrogen and oxygen atoms in total. The Morgan fingerprint density at radius 3 is 2.38 bits per heavy atom. The van der Waals surface area contributed by atoms with Crippen LogP contribution in [0.15, 0.2) is 22.2 Å². The molecule has 0 aromatic heterocycles. The lowest BCUT2D eigenvalue weighted by molar-refractivity contribution is -0.526. The standard InChI is InChI=1S/C13H9BrF3NO3/c14-9-2-8(13(18(20)21)1-6(9)5-19)7-3-11(16)12(17)4-10(7)15/h3-5,8,13H,1-2H2. The molecule has 0 heterocycles. The van der Waals surface area contributed by atoms with Gasteiger partial charge in [-0.15, -0.1) is 0 Å². The van der Waals surface area contributed by atoms with Crippen LogP contribution in [0.25, 0.3) is 0 Å². The minimum Gasteiger partial charge on any atom is -0.298 e. The van der Waals surface area contributed by atoms with Gasteiger partial charge in [0.2, 0.25) is 6.04 Å². The molecule has 0 radical (unpaired) electrons. The van der Waals surface area contributed by atoms with Crippen molar-refractivity contribution < 1.29 is 22.9 Å². The zero-order valence-electron chi connectivity index (χ0n) is 10.5. The van der Waals surface area contributed by atoms with Crippen LogP contribution in [-0.4, -0.2) is 17.3 Å². The summed E-state index contributed by atoms with van der Waals surface area (Å²) in [7, 11) is 0. The summed E-state index contributed by atoms with van der Waals surface area (Å²) < 4.78 is 40.5. The summed E-state index contributed by atoms with van der Waals surface area (Å²) in [5, 5.41) is 11.1. The van der Waals surface area contributed by atoms with Gasteiger partial charge in [0.25, 0.3) is 0 Å². The quantitative estimate of drug-likeness (QED) is 0.357. The van der Waals surface area contributed by atoms with E-state index in [4.69, 9.17) is 0 Å². The van der Waals surface area contributed by atoms with Crippen LogP contribution in [0.2, 0.25) is 0 Å². The Hall–Kier alpha value is -1.70. The number of halogens is 4. The first-order chi connectivity index (χ1) is 9.85. The Kier molecular flexibility index (Phi) is 4.46. The van der Waals surface area contributed by atoms with Gasteiger partial charge in [-0.05, 0) is 12.5 Å². The van der Waals surface area contributed by atoms with Gasteiger partial charge in [0.15, 0.2) is 11.6 Å². The smallest absolute Gasteiger partial charge is 0.224 e. The van der Waals surface area contributed by atoms with E-state index in [1.165, 1.54) is 0 Å². The summed E-state index contributed by atoms with van der Waals surface area (Å²) >= 11 is 3.12. The molecule has 8 heteroatoms. The molecule has 21 heavy (non-hydrogen) atoms. The van der Waals surface area contributed by atoms with Crippen LogP contribution in [0, 0.1) is 27.6 Å². The third-order valence-corrected chi connectivity index (χ3v) is 4.33. The zero-order valence-corrected chi connectivity index (χ0v) is 12.1. The van der Waals surface area contributed by atoms with Gasteiger partial charge in [-0.2, -0.15) is 0 Å². The van der Waals surface area contributed by atoms with Crippen molar-refractivity contribution in [3.63, 3.8) is 0 Å². The zero-order chi connectivity index (χ0) is 15.7. The molecule has 0 saturated heterocycles. The van der Waals surface area contributed by atoms with Crippen LogP contribution >= 0.6 is 15.9 Å². The molecular formula is C13H9BrF3NO3. The lowest BCUT2D eigenvalue weighted by Gasteiger charge is -2.26. The predicted molar refractivity (Wildman–Crippen MR) is 71.1 cm³/mol. The van der Waals surface area contributed by atoms with Crippen molar-refractivity contribution in [1.82, 2.24) is 0 Å². The van der Waals surface area contributed by atoms with Gasteiger partial charge in [-0.3, -0.25) is 14.9 Å². The van der Waals surface area contributed by atoms with E-state index in [9.17, 15) is 28.1 Å². The highest BCUT2D eigenvalue weighted by Gasteiger charge is 2.40. The number of hydrogen-bond donors (Lipinski definition) is 0. The second kappa shape index (κ2) is 5.97. The minimum atomic E-state index is -1.35. The number of carbonyl (C=O) groups is 1. The van der Waals surface area contributed by atoms with Gasteiger partial charge in [0.1, 0.15) is 12.1 Å². The Balaban J connectivity index is 2.51. The Morgan fingerprint density at radius 2 is 1.81 bits per heavy atom. The summed E-state index contributed by atoms with van der Waals surface area (Å²) in [6, 6.07) is -0.266. The summed E-state index contributed by atoms with van der Waals surface area (Å²) in [5.41, 5.74) is -0.0477. The van der Waals surface area contributed by atoms with Gasteiger partial charge in [0, 0.05) is 33.0 Å². The minimum absolute atomic E-state index is 0.0261. The average molecular weight is 364 g/mol. The van der Waals surface area contributed by atoms with Crippen LogP contribution in [0.1, 0.15) is 24.3 Å². The van der Waals surface area contributed by atoms with E-state index >= 15 is 0 Å². The number of rotatable bonds is 3. The average Bonchev–Trinajstić information content (AvgIpc) is 2.42. The summed E-state index contributed by atoms with van der Waals surface area (Å²) in [4.78, 5) is 21.4. The van der Waals surface area contributed by atoms with Gasteiger partial charge >= 0.3 is 0 Å². The molecule has 1 aliphatic carbocycles. The first kappa shape index (κ1) is 15.7. The largest absolute Gasteiger partial charge is 0.298 e. The van der Waals surface area contributed by atoms with Crippen molar-refractivity contribution in [2.24, 2.45) is 0 Å². The highest BCUT2D eigenvalue weighted by molar-refractivity contribution is 9.11. The fraction of sp³-hybridized carbons (Fsp3) is 0.308. The Labute approximate surface area is 125 Å². The van der Waals surface area contributed by atoms with Crippen molar-refractivity contribution in [3.8, 4) is 0 Å². The molecule has 2 unspecified atom stereocenters. The number of carbonyl (C=O) groups excluding carboxylic acids is 1. The van der Waals surface area contributed by atoms with E-state index in [1.54, 1.807) is 0 Å². The van der Waals surface area contributed by atoms with Crippen LogP contribution in [0.5, 0.6) is 0 Å². The first-order valence-electron chi connectivity index (χ1n) is 5.95. The number of aldehydes is 1. The first-order valence-corrected chi connectivity index (χ1v) is 6.75. The summed E-state index contributed by atoms with van der Waals surface area (Å²) in [6.45, 7) is 0. The fourth-order valence-electron chi connectivity index (χ4n) is 2.41. The molecule has 0 fully saturated rings. The highest BCUT2D eigenvalue weighted by Crippen LogP contribution is 2.40. The maximum Gasteiger partial charge on any atom is 0.224 e. The summed E-state index contributed by atoms with van der Waals surface area (Å²) in [5.74, 6) is -4.64. The van der Waals surface area contributed by atoms with Crippen molar-refractivity contribution in [2.45, 2.75) is 24.8 Å². The second-order valence-electron chi connectivity index (χ2n) is 4.70. The molecule has 1 aromatic carbocycles. The summed E-state index contributed by atoms with van der Waals surface area (Å²) in [6.07, 6.45) is 0.278. The number of benzene rings is 1. The van der Waals surface area contributed by atoms with E-state index in [0.717, 1.165) is 0 Å². The molecular weight excluding hydrogens is 355 g/mol. The third-order valence-electron chi connectivity index (χ3n) is 3.49. The predicted octanol–water partition coefficient (Wildman–Crippen LogP) is 3.47. The van der Waals surface area contributed by atoms with E-state index in [-0.39, 0.29) is 24.0 Å². The van der Waals surface area contributed by atoms with Gasteiger partial charge in [-0.1, -0.05) is 15.9 Å². The Morgan fingerprint density at radius 1 is 1.19 bits per heavy atom. The van der Waals surface area contributed by atoms with E-state index in [2.05, 4.69) is 15.9 Å². The maximum atomic E-state index is 13.8. The molecule has 2 rings (SSSR count). The monoisotopic (exact) mass is 363 g/mol. The lowest BCUT2D eigenvalue weighted by atomic mass is 9.80. The lowest BCUT2D eigenvalue weighted by Crippen LogP contribution is -2.32. The normalized spacial score (nSPS) is 22.3. The van der Waals surface area contributed by atoms with Crippen molar-refractivity contribution in [2.75, 3.05) is 0 Å². The van der Waals surface area contributed by atoms with Crippen LogP contribution in [-0.2, 0) is 4.79 Å². The van der Waals surface area contributed by atoms with Gasteiger partial charge in [0.05, 0.1) is 5.92 Å². The molecule has 0 saturated carbocycles. The Bertz CT molecular complexity index is 648. The highest BCUT2D eigenvalue weighted by atomic mass is 79.9. The van der Waals surface area contributed by atoms with E-state index < -0.39 is 34.3 Å².